The third kappa shape index (κ3) is 9.76. The summed E-state index contributed by atoms with van der Waals surface area (Å²) in [6.45, 7) is 27.8. The minimum atomic E-state index is -0.0342. The first-order valence-corrected chi connectivity index (χ1v) is 31.3. The molecule has 0 bridgehead atoms. The molecule has 0 saturated heterocycles. The van der Waals surface area contributed by atoms with Crippen LogP contribution in [0.4, 0.5) is 51.2 Å². The Balaban J connectivity index is 1.15. The number of fused-ring (bicyclic) bond motifs is 6. The van der Waals surface area contributed by atoms with Crippen LogP contribution in [0, 0.1) is 0 Å². The summed E-state index contributed by atoms with van der Waals surface area (Å²) in [5.74, 6) is 0. The summed E-state index contributed by atoms with van der Waals surface area (Å²) in [6.07, 6.45) is 0. The van der Waals surface area contributed by atoms with Crippen LogP contribution in [0.25, 0.3) is 43.0 Å². The van der Waals surface area contributed by atoms with Crippen molar-refractivity contribution >= 4 is 97.3 Å². The van der Waals surface area contributed by atoms with Gasteiger partial charge in [-0.05, 0) is 0 Å². The summed E-state index contributed by atoms with van der Waals surface area (Å²) in [7, 11) is 0. The van der Waals surface area contributed by atoms with E-state index >= 15 is 0 Å². The average molecular weight is 1140 g/mol. The van der Waals surface area contributed by atoms with Gasteiger partial charge in [0.1, 0.15) is 0 Å². The Bertz CT molecular complexity index is 4230. The van der Waals surface area contributed by atoms with Gasteiger partial charge in [0.25, 0.3) is 0 Å². The van der Waals surface area contributed by atoms with E-state index in [1.165, 1.54) is 109 Å². The second-order valence-electron chi connectivity index (χ2n) is 27.1. The van der Waals surface area contributed by atoms with Gasteiger partial charge >= 0.3 is 476 Å². The SMILES string of the molecule is CC(C)(C)c1ccc(N(c2ccc3c(c2)N(c2ccc(C(C)(C)C)cc2)c2cc(-c4ccccc4-c4ccccc4)cc4c2B3c2[se]c3ccc(C(C)(C)C)cc3c2N4c2ccc(C(C)(C)C)cc2)c2ccccc2-c2ccccc2)cc1. The van der Waals surface area contributed by atoms with Gasteiger partial charge in [-0.3, -0.25) is 0 Å². The molecule has 410 valence electrons. The molecule has 1 aromatic heterocycles. The number of anilines is 9. The van der Waals surface area contributed by atoms with Gasteiger partial charge in [0, 0.05) is 0 Å². The molecule has 3 nitrogen and oxygen atoms in total. The van der Waals surface area contributed by atoms with Crippen LogP contribution in [0.15, 0.2) is 231 Å². The maximum atomic E-state index is 2.68. The van der Waals surface area contributed by atoms with Gasteiger partial charge in [-0.15, -0.1) is 0 Å². The Morgan fingerprint density at radius 3 is 1.36 bits per heavy atom. The number of hydrogen-bond acceptors (Lipinski definition) is 3. The molecule has 10 aromatic carbocycles. The van der Waals surface area contributed by atoms with Crippen molar-refractivity contribution in [1.29, 1.82) is 0 Å². The molecule has 0 amide bonds. The van der Waals surface area contributed by atoms with Crippen LogP contribution in [-0.4, -0.2) is 21.2 Å². The Labute approximate surface area is 499 Å². The molecule has 2 aliphatic rings. The summed E-state index contributed by atoms with van der Waals surface area (Å²) in [6, 6.07) is 88.0. The molecule has 0 N–H and O–H groups in total. The van der Waals surface area contributed by atoms with Gasteiger partial charge < -0.3 is 0 Å². The van der Waals surface area contributed by atoms with Gasteiger partial charge in [0.15, 0.2) is 0 Å². The summed E-state index contributed by atoms with van der Waals surface area (Å²) >= 11 is 0.0187. The Morgan fingerprint density at radius 2 is 0.807 bits per heavy atom. The van der Waals surface area contributed by atoms with E-state index in [2.05, 4.69) is 328 Å². The van der Waals surface area contributed by atoms with Gasteiger partial charge in [-0.1, -0.05) is 26.8 Å². The topological polar surface area (TPSA) is 9.72 Å². The molecular weight excluding hydrogens is 1070 g/mol. The molecule has 2 aliphatic heterocycles. The van der Waals surface area contributed by atoms with Crippen LogP contribution in [0.5, 0.6) is 0 Å². The van der Waals surface area contributed by atoms with E-state index < -0.39 is 0 Å². The molecule has 0 atom stereocenters. The van der Waals surface area contributed by atoms with Crippen molar-refractivity contribution in [3.05, 3.63) is 253 Å². The molecule has 11 aromatic rings. The number of benzene rings is 10. The van der Waals surface area contributed by atoms with E-state index in [1.807, 2.05) is 0 Å². The normalized spacial score (nSPS) is 13.2. The zero-order valence-corrected chi connectivity index (χ0v) is 52.0. The number of hydrogen-bond donors (Lipinski definition) is 0. The first kappa shape index (κ1) is 54.2. The van der Waals surface area contributed by atoms with Crippen LogP contribution in [0.3, 0.4) is 0 Å². The van der Waals surface area contributed by atoms with Gasteiger partial charge in [0.05, 0.1) is 0 Å². The Hall–Kier alpha value is -8.08. The van der Waals surface area contributed by atoms with Crippen molar-refractivity contribution in [1.82, 2.24) is 0 Å². The van der Waals surface area contributed by atoms with Crippen molar-refractivity contribution in [3.8, 4) is 33.4 Å². The second kappa shape index (κ2) is 20.4. The maximum absolute atomic E-state index is 2.68. The van der Waals surface area contributed by atoms with Crippen molar-refractivity contribution in [2.24, 2.45) is 0 Å². The number of rotatable bonds is 8. The van der Waals surface area contributed by atoms with Crippen LogP contribution < -0.4 is 30.0 Å². The van der Waals surface area contributed by atoms with E-state index in [9.17, 15) is 0 Å². The first-order valence-electron chi connectivity index (χ1n) is 29.6. The van der Waals surface area contributed by atoms with Crippen LogP contribution >= 0.6 is 0 Å². The minimum absolute atomic E-state index is 0.00153. The molecule has 0 aliphatic carbocycles. The van der Waals surface area contributed by atoms with Crippen molar-refractivity contribution < 1.29 is 0 Å². The van der Waals surface area contributed by atoms with Crippen molar-refractivity contribution in [2.45, 2.75) is 105 Å². The molecule has 0 fully saturated rings. The molecule has 5 heteroatoms. The van der Waals surface area contributed by atoms with E-state index in [1.54, 1.807) is 0 Å². The van der Waals surface area contributed by atoms with Gasteiger partial charge in [-0.25, -0.2) is 0 Å². The van der Waals surface area contributed by atoms with E-state index in [0.29, 0.717) is 0 Å². The molecule has 0 radical (unpaired) electrons. The molecule has 83 heavy (non-hydrogen) atoms. The van der Waals surface area contributed by atoms with Crippen molar-refractivity contribution in [2.75, 3.05) is 14.7 Å². The fourth-order valence-corrected chi connectivity index (χ4v) is 15.4. The monoisotopic (exact) mass is 1140 g/mol. The van der Waals surface area contributed by atoms with E-state index in [4.69, 9.17) is 0 Å². The molecule has 0 saturated carbocycles. The first-order chi connectivity index (χ1) is 39.7. The van der Waals surface area contributed by atoms with E-state index in [-0.39, 0.29) is 42.9 Å². The third-order valence-corrected chi connectivity index (χ3v) is 19.9. The zero-order chi connectivity index (χ0) is 57.7. The Morgan fingerprint density at radius 1 is 0.361 bits per heavy atom. The van der Waals surface area contributed by atoms with E-state index in [0.717, 1.165) is 22.7 Å². The molecular formula is C78H74BN3Se. The van der Waals surface area contributed by atoms with Gasteiger partial charge in [0.2, 0.25) is 0 Å². The summed E-state index contributed by atoms with van der Waals surface area (Å²) in [4.78, 5) is 7.80. The standard InChI is InChI=1S/C78H74BN3Se/c1-75(2,3)54-31-38-58(39-32-54)80(67-30-22-21-29-64(67)52-25-17-14-18-26-52)61-44-45-66-68(50-61)81(59-40-33-55(34-41-59)76(4,5)6)69-47-53(63-28-20-19-27-62(63)51-23-15-13-16-24-51)48-70-72(69)79(66)74-73(65-49-57(78(10,11)12)37-46-71(65)83-74)82(70)60-42-35-56(36-43-60)77(7,8)9/h13-50H,1-12H3. The average Bonchev–Trinajstić information content (AvgIpc) is 1.92. The van der Waals surface area contributed by atoms with Gasteiger partial charge in [-0.2, -0.15) is 0 Å². The predicted molar refractivity (Wildman–Crippen MR) is 361 cm³/mol. The number of nitrogens with zero attached hydrogens (tertiary/aromatic N) is 3. The Kier molecular flexibility index (Phi) is 13.3. The quantitative estimate of drug-likeness (QED) is 0.140. The second-order valence-corrected chi connectivity index (χ2v) is 29.3. The van der Waals surface area contributed by atoms with Crippen molar-refractivity contribution in [3.63, 3.8) is 0 Å². The molecule has 13 rings (SSSR count). The summed E-state index contributed by atoms with van der Waals surface area (Å²) in [5.41, 5.74) is 25.6. The summed E-state index contributed by atoms with van der Waals surface area (Å²) in [5, 5.41) is 1.36. The van der Waals surface area contributed by atoms with Crippen LogP contribution in [0.2, 0.25) is 0 Å². The summed E-state index contributed by atoms with van der Waals surface area (Å²) < 4.78 is 2.95. The fraction of sp³-hybridized carbons (Fsp3) is 0.205. The molecule has 3 heterocycles. The molecule has 0 spiro atoms. The third-order valence-electron chi connectivity index (χ3n) is 17.3. The molecule has 0 unspecified atom stereocenters. The zero-order valence-electron chi connectivity index (χ0n) is 50.3. The number of para-hydroxylation sites is 1. The van der Waals surface area contributed by atoms with Crippen LogP contribution in [0.1, 0.15) is 105 Å². The predicted octanol–water partition coefficient (Wildman–Crippen LogP) is 19.6. The van der Waals surface area contributed by atoms with Crippen LogP contribution in [-0.2, 0) is 21.7 Å². The fourth-order valence-electron chi connectivity index (χ4n) is 12.7.